The SMILES string of the molecule is O=CCN1CCNCC1=O. The van der Waals surface area contributed by atoms with E-state index in [-0.39, 0.29) is 12.5 Å². The standard InChI is InChI=1S/C6H10N2O2/c9-4-3-8-2-1-7-5-6(8)10/h4,7H,1-3,5H2. The van der Waals surface area contributed by atoms with Gasteiger partial charge in [-0.05, 0) is 0 Å². The second-order valence-electron chi connectivity index (χ2n) is 2.18. The fourth-order valence-corrected chi connectivity index (χ4v) is 0.929. The molecule has 1 aliphatic heterocycles. The number of hydrogen-bond acceptors (Lipinski definition) is 3. The molecule has 0 unspecified atom stereocenters. The van der Waals surface area contributed by atoms with E-state index in [1.807, 2.05) is 0 Å². The highest BCUT2D eigenvalue weighted by atomic mass is 16.2. The summed E-state index contributed by atoms with van der Waals surface area (Å²) in [4.78, 5) is 22.4. The van der Waals surface area contributed by atoms with E-state index in [1.54, 1.807) is 4.90 Å². The van der Waals surface area contributed by atoms with Gasteiger partial charge in [0.1, 0.15) is 6.29 Å². The van der Waals surface area contributed by atoms with Gasteiger partial charge in [0.15, 0.2) is 0 Å². The molecular formula is C6H10N2O2. The lowest BCUT2D eigenvalue weighted by molar-refractivity contribution is -0.133. The molecule has 0 aromatic rings. The van der Waals surface area contributed by atoms with Crippen LogP contribution in [-0.2, 0) is 9.59 Å². The van der Waals surface area contributed by atoms with Crippen molar-refractivity contribution in [3.8, 4) is 0 Å². The summed E-state index contributed by atoms with van der Waals surface area (Å²) >= 11 is 0. The molecule has 4 nitrogen and oxygen atoms in total. The summed E-state index contributed by atoms with van der Waals surface area (Å²) < 4.78 is 0. The minimum atomic E-state index is 0.0124. The third-order valence-corrected chi connectivity index (χ3v) is 1.48. The number of aldehydes is 1. The van der Waals surface area contributed by atoms with Crippen LogP contribution in [0.2, 0.25) is 0 Å². The molecule has 4 heteroatoms. The first-order valence-electron chi connectivity index (χ1n) is 3.26. The van der Waals surface area contributed by atoms with E-state index in [4.69, 9.17) is 0 Å². The van der Waals surface area contributed by atoms with Gasteiger partial charge < -0.3 is 15.0 Å². The summed E-state index contributed by atoms with van der Waals surface area (Å²) in [6, 6.07) is 0. The highest BCUT2D eigenvalue weighted by Crippen LogP contribution is 1.90. The first-order chi connectivity index (χ1) is 4.84. The van der Waals surface area contributed by atoms with Crippen LogP contribution in [0.25, 0.3) is 0 Å². The fourth-order valence-electron chi connectivity index (χ4n) is 0.929. The van der Waals surface area contributed by atoms with Gasteiger partial charge in [-0.3, -0.25) is 4.79 Å². The van der Waals surface area contributed by atoms with Crippen LogP contribution >= 0.6 is 0 Å². The highest BCUT2D eigenvalue weighted by Gasteiger charge is 2.15. The second-order valence-corrected chi connectivity index (χ2v) is 2.18. The lowest BCUT2D eigenvalue weighted by Crippen LogP contribution is -2.48. The first kappa shape index (κ1) is 7.21. The van der Waals surface area contributed by atoms with Gasteiger partial charge in [0.2, 0.25) is 5.91 Å². The molecule has 1 amide bonds. The van der Waals surface area contributed by atoms with Crippen LogP contribution in [0.15, 0.2) is 0 Å². The van der Waals surface area contributed by atoms with Crippen LogP contribution in [0.1, 0.15) is 0 Å². The third kappa shape index (κ3) is 1.54. The lowest BCUT2D eigenvalue weighted by atomic mass is 10.3. The maximum absolute atomic E-state index is 10.9. The molecule has 1 fully saturated rings. The van der Waals surface area contributed by atoms with Crippen molar-refractivity contribution < 1.29 is 9.59 Å². The van der Waals surface area contributed by atoms with Crippen LogP contribution < -0.4 is 5.32 Å². The number of hydrogen-bond donors (Lipinski definition) is 1. The monoisotopic (exact) mass is 142 g/mol. The van der Waals surface area contributed by atoms with Crippen LogP contribution in [0.4, 0.5) is 0 Å². The van der Waals surface area contributed by atoms with Crippen molar-refractivity contribution in [1.82, 2.24) is 10.2 Å². The number of rotatable bonds is 2. The Balaban J connectivity index is 2.39. The van der Waals surface area contributed by atoms with Crippen molar-refractivity contribution in [2.75, 3.05) is 26.2 Å². The maximum atomic E-state index is 10.9. The molecule has 10 heavy (non-hydrogen) atoms. The minimum absolute atomic E-state index is 0.0124. The summed E-state index contributed by atoms with van der Waals surface area (Å²) in [5, 5.41) is 2.92. The van der Waals surface area contributed by atoms with Crippen LogP contribution in [0, 0.1) is 0 Å². The number of piperazine rings is 1. The van der Waals surface area contributed by atoms with Gasteiger partial charge in [0, 0.05) is 13.1 Å². The average molecular weight is 142 g/mol. The summed E-state index contributed by atoms with van der Waals surface area (Å²) in [6.07, 6.45) is 0.753. The highest BCUT2D eigenvalue weighted by molar-refractivity contribution is 5.80. The van der Waals surface area contributed by atoms with Crippen LogP contribution in [-0.4, -0.2) is 43.3 Å². The Bertz CT molecular complexity index is 147. The van der Waals surface area contributed by atoms with Gasteiger partial charge in [-0.2, -0.15) is 0 Å². The van der Waals surface area contributed by atoms with Crippen LogP contribution in [0.5, 0.6) is 0 Å². The van der Waals surface area contributed by atoms with Gasteiger partial charge in [0.25, 0.3) is 0 Å². The number of nitrogens with zero attached hydrogens (tertiary/aromatic N) is 1. The van der Waals surface area contributed by atoms with E-state index in [1.165, 1.54) is 0 Å². The van der Waals surface area contributed by atoms with Gasteiger partial charge in [-0.15, -0.1) is 0 Å². The van der Waals surface area contributed by atoms with Gasteiger partial charge in [-0.1, -0.05) is 0 Å². The van der Waals surface area contributed by atoms with E-state index < -0.39 is 0 Å². The quantitative estimate of drug-likeness (QED) is 0.483. The number of carbonyl (C=O) groups is 2. The van der Waals surface area contributed by atoms with Gasteiger partial charge in [0.05, 0.1) is 13.1 Å². The predicted molar refractivity (Wildman–Crippen MR) is 35.5 cm³/mol. The Morgan fingerprint density at radius 2 is 2.50 bits per heavy atom. The zero-order valence-electron chi connectivity index (χ0n) is 5.67. The molecule has 1 N–H and O–H groups in total. The molecule has 0 radical (unpaired) electrons. The molecule has 0 saturated carbocycles. The van der Waals surface area contributed by atoms with Crippen molar-refractivity contribution >= 4 is 12.2 Å². The lowest BCUT2D eigenvalue weighted by Gasteiger charge is -2.24. The fraction of sp³-hybridized carbons (Fsp3) is 0.667. The molecule has 1 rings (SSSR count). The topological polar surface area (TPSA) is 49.4 Å². The molecule has 0 atom stereocenters. The minimum Gasteiger partial charge on any atom is -0.333 e. The normalized spacial score (nSPS) is 19.2. The molecule has 0 aliphatic carbocycles. The number of nitrogens with one attached hydrogen (secondary N) is 1. The molecule has 1 saturated heterocycles. The van der Waals surface area contributed by atoms with Crippen molar-refractivity contribution in [3.05, 3.63) is 0 Å². The average Bonchev–Trinajstić information content (AvgIpc) is 1.94. The largest absolute Gasteiger partial charge is 0.333 e. The Kier molecular flexibility index (Phi) is 2.39. The van der Waals surface area contributed by atoms with Crippen molar-refractivity contribution in [1.29, 1.82) is 0 Å². The Morgan fingerprint density at radius 3 is 3.10 bits per heavy atom. The summed E-state index contributed by atoms with van der Waals surface area (Å²) in [7, 11) is 0. The van der Waals surface area contributed by atoms with Crippen molar-refractivity contribution in [2.24, 2.45) is 0 Å². The Hall–Kier alpha value is -0.900. The van der Waals surface area contributed by atoms with Crippen LogP contribution in [0.3, 0.4) is 0 Å². The molecule has 0 aromatic carbocycles. The molecule has 56 valence electrons. The van der Waals surface area contributed by atoms with Gasteiger partial charge in [-0.25, -0.2) is 0 Å². The second kappa shape index (κ2) is 3.31. The molecular weight excluding hydrogens is 132 g/mol. The zero-order valence-corrected chi connectivity index (χ0v) is 5.67. The van der Waals surface area contributed by atoms with E-state index in [2.05, 4.69) is 5.32 Å². The van der Waals surface area contributed by atoms with E-state index >= 15 is 0 Å². The maximum Gasteiger partial charge on any atom is 0.236 e. The van der Waals surface area contributed by atoms with E-state index in [9.17, 15) is 9.59 Å². The molecule has 1 aliphatic rings. The van der Waals surface area contributed by atoms with E-state index in [0.717, 1.165) is 12.8 Å². The molecule has 0 bridgehead atoms. The smallest absolute Gasteiger partial charge is 0.236 e. The summed E-state index contributed by atoms with van der Waals surface area (Å²) in [6.45, 7) is 2.05. The number of amides is 1. The van der Waals surface area contributed by atoms with Crippen molar-refractivity contribution in [3.63, 3.8) is 0 Å². The zero-order chi connectivity index (χ0) is 7.40. The van der Waals surface area contributed by atoms with Gasteiger partial charge >= 0.3 is 0 Å². The number of carbonyl (C=O) groups excluding carboxylic acids is 2. The molecule has 0 spiro atoms. The predicted octanol–water partition coefficient (Wildman–Crippen LogP) is -1.38. The van der Waals surface area contributed by atoms with E-state index in [0.29, 0.717) is 13.1 Å². The summed E-state index contributed by atoms with van der Waals surface area (Å²) in [5.74, 6) is 0.0124. The third-order valence-electron chi connectivity index (χ3n) is 1.48. The first-order valence-corrected chi connectivity index (χ1v) is 3.26. The Labute approximate surface area is 59.2 Å². The molecule has 1 heterocycles. The Morgan fingerprint density at radius 1 is 1.70 bits per heavy atom. The molecule has 0 aromatic heterocycles. The summed E-state index contributed by atoms with van der Waals surface area (Å²) in [5.41, 5.74) is 0. The van der Waals surface area contributed by atoms with Crippen molar-refractivity contribution in [2.45, 2.75) is 0 Å².